The van der Waals surface area contributed by atoms with Gasteiger partial charge in [-0.25, -0.2) is 0 Å². The fourth-order valence-electron chi connectivity index (χ4n) is 3.40. The van der Waals surface area contributed by atoms with E-state index in [1.807, 2.05) is 17.1 Å². The number of carbonyl (C=O) groups excluding carboxylic acids is 3. The lowest BCUT2D eigenvalue weighted by Gasteiger charge is -2.37. The molecule has 7 nitrogen and oxygen atoms in total. The van der Waals surface area contributed by atoms with Crippen molar-refractivity contribution in [2.75, 3.05) is 32.7 Å². The Labute approximate surface area is 161 Å². The molecule has 2 aliphatic rings. The van der Waals surface area contributed by atoms with Gasteiger partial charge in [0.15, 0.2) is 0 Å². The zero-order valence-corrected chi connectivity index (χ0v) is 16.9. The van der Waals surface area contributed by atoms with Gasteiger partial charge in [-0.2, -0.15) is 0 Å². The van der Waals surface area contributed by atoms with Gasteiger partial charge in [-0.1, -0.05) is 11.6 Å². The van der Waals surface area contributed by atoms with Crippen LogP contribution in [0.15, 0.2) is 23.4 Å². The zero-order valence-electron chi connectivity index (χ0n) is 16.9. The van der Waals surface area contributed by atoms with E-state index < -0.39 is 0 Å². The van der Waals surface area contributed by atoms with Crippen LogP contribution < -0.4 is 10.6 Å². The molecule has 1 heterocycles. The normalized spacial score (nSPS) is 19.2. The Morgan fingerprint density at radius 3 is 2.22 bits per heavy atom. The van der Waals surface area contributed by atoms with Crippen LogP contribution in [0.2, 0.25) is 0 Å². The number of allylic oxidation sites excluding steroid dienone is 3. The minimum Gasteiger partial charge on any atom is -0.380 e. The van der Waals surface area contributed by atoms with Crippen molar-refractivity contribution in [3.8, 4) is 0 Å². The minimum absolute atomic E-state index is 0.128. The highest BCUT2D eigenvalue weighted by molar-refractivity contribution is 5.96. The highest BCUT2D eigenvalue weighted by Gasteiger charge is 2.23. The van der Waals surface area contributed by atoms with Crippen molar-refractivity contribution in [3.63, 3.8) is 0 Å². The summed E-state index contributed by atoms with van der Waals surface area (Å²) in [6.07, 6.45) is 5.35. The molecule has 1 fully saturated rings. The molecule has 0 bridgehead atoms. The van der Waals surface area contributed by atoms with E-state index >= 15 is 0 Å². The van der Waals surface area contributed by atoms with E-state index in [0.29, 0.717) is 12.6 Å². The van der Waals surface area contributed by atoms with Crippen LogP contribution in [0.3, 0.4) is 0 Å². The molecule has 1 saturated heterocycles. The molecule has 0 aromatic heterocycles. The van der Waals surface area contributed by atoms with Crippen LogP contribution in [-0.4, -0.2) is 66.3 Å². The first-order valence-corrected chi connectivity index (χ1v) is 9.74. The van der Waals surface area contributed by atoms with Crippen LogP contribution in [0.1, 0.15) is 40.5 Å². The first kappa shape index (κ1) is 21.2. The molecule has 1 aliphatic heterocycles. The Hall–Kier alpha value is -2.15. The van der Waals surface area contributed by atoms with Crippen LogP contribution >= 0.6 is 0 Å². The lowest BCUT2D eigenvalue weighted by molar-refractivity contribution is -0.132. The second-order valence-electron chi connectivity index (χ2n) is 7.56. The van der Waals surface area contributed by atoms with Gasteiger partial charge in [-0.3, -0.25) is 24.6 Å². The average Bonchev–Trinajstić information content (AvgIpc) is 2.65. The molecular weight excluding hydrogens is 344 g/mol. The van der Waals surface area contributed by atoms with Gasteiger partial charge in [0.25, 0.3) is 0 Å². The summed E-state index contributed by atoms with van der Waals surface area (Å²) in [5, 5.41) is 5.56. The SMILES string of the molecule is CC(=O)NC(=O)C(C)C1=CC=C(NCC(=O)N2CCN(C(C)C)CC2)CC1. The summed E-state index contributed by atoms with van der Waals surface area (Å²) in [5.41, 5.74) is 2.00. The molecule has 27 heavy (non-hydrogen) atoms. The molecule has 0 saturated carbocycles. The quantitative estimate of drug-likeness (QED) is 0.724. The lowest BCUT2D eigenvalue weighted by Crippen LogP contribution is -2.52. The van der Waals surface area contributed by atoms with Gasteiger partial charge in [-0.05, 0) is 39.7 Å². The Bertz CT molecular complexity index is 631. The molecule has 3 amide bonds. The standard InChI is InChI=1S/C20H32N4O3/c1-14(2)23-9-11-24(12-10-23)19(26)13-21-18-7-5-17(6-8-18)15(3)20(27)22-16(4)25/h5,7,14-15,21H,6,8-13H2,1-4H3,(H,22,25,27). The van der Waals surface area contributed by atoms with Crippen LogP contribution in [0, 0.1) is 5.92 Å². The van der Waals surface area contributed by atoms with Crippen molar-refractivity contribution in [1.82, 2.24) is 20.4 Å². The van der Waals surface area contributed by atoms with Crippen LogP contribution in [-0.2, 0) is 14.4 Å². The van der Waals surface area contributed by atoms with E-state index in [4.69, 9.17) is 0 Å². The molecule has 0 radical (unpaired) electrons. The average molecular weight is 377 g/mol. The third-order valence-corrected chi connectivity index (χ3v) is 5.29. The largest absolute Gasteiger partial charge is 0.380 e. The maximum Gasteiger partial charge on any atom is 0.241 e. The molecule has 1 aliphatic carbocycles. The number of rotatable bonds is 6. The highest BCUT2D eigenvalue weighted by atomic mass is 16.2. The number of hydrogen-bond donors (Lipinski definition) is 2. The number of piperazine rings is 1. The summed E-state index contributed by atoms with van der Waals surface area (Å²) in [4.78, 5) is 39.6. The van der Waals surface area contributed by atoms with Gasteiger partial charge in [0.2, 0.25) is 17.7 Å². The Kier molecular flexibility index (Phi) is 7.59. The molecule has 2 rings (SSSR count). The van der Waals surface area contributed by atoms with Crippen LogP contribution in [0.5, 0.6) is 0 Å². The molecular formula is C20H32N4O3. The van der Waals surface area contributed by atoms with Gasteiger partial charge in [0, 0.05) is 44.8 Å². The van der Waals surface area contributed by atoms with E-state index in [-0.39, 0.29) is 23.6 Å². The second kappa shape index (κ2) is 9.69. The lowest BCUT2D eigenvalue weighted by atomic mass is 9.91. The zero-order chi connectivity index (χ0) is 20.0. The summed E-state index contributed by atoms with van der Waals surface area (Å²) < 4.78 is 0. The third kappa shape index (κ3) is 6.20. The minimum atomic E-state index is -0.339. The van der Waals surface area contributed by atoms with Gasteiger partial charge in [0.05, 0.1) is 12.5 Å². The van der Waals surface area contributed by atoms with Crippen molar-refractivity contribution in [2.45, 2.75) is 46.6 Å². The fraction of sp³-hybridized carbons (Fsp3) is 0.650. The molecule has 2 N–H and O–H groups in total. The van der Waals surface area contributed by atoms with E-state index in [1.54, 1.807) is 6.92 Å². The molecule has 150 valence electrons. The predicted octanol–water partition coefficient (Wildman–Crippen LogP) is 1.03. The molecule has 7 heteroatoms. The number of hydrogen-bond acceptors (Lipinski definition) is 5. The van der Waals surface area contributed by atoms with E-state index in [1.165, 1.54) is 6.92 Å². The van der Waals surface area contributed by atoms with Crippen molar-refractivity contribution >= 4 is 17.7 Å². The number of nitrogens with one attached hydrogen (secondary N) is 2. The summed E-state index contributed by atoms with van der Waals surface area (Å²) in [5.74, 6) is -0.808. The molecule has 1 atom stereocenters. The molecule has 0 aromatic rings. The summed E-state index contributed by atoms with van der Waals surface area (Å²) >= 11 is 0. The molecule has 0 aromatic carbocycles. The van der Waals surface area contributed by atoms with E-state index in [0.717, 1.165) is 50.3 Å². The van der Waals surface area contributed by atoms with Crippen LogP contribution in [0.4, 0.5) is 0 Å². The Morgan fingerprint density at radius 2 is 1.70 bits per heavy atom. The summed E-state index contributed by atoms with van der Waals surface area (Å²) in [7, 11) is 0. The Balaban J connectivity index is 1.79. The van der Waals surface area contributed by atoms with Gasteiger partial charge < -0.3 is 10.2 Å². The van der Waals surface area contributed by atoms with E-state index in [2.05, 4.69) is 29.4 Å². The topological polar surface area (TPSA) is 81.8 Å². The summed E-state index contributed by atoms with van der Waals surface area (Å²) in [6.45, 7) is 11.2. The van der Waals surface area contributed by atoms with Crippen molar-refractivity contribution in [3.05, 3.63) is 23.4 Å². The molecule has 1 unspecified atom stereocenters. The Morgan fingerprint density at radius 1 is 1.04 bits per heavy atom. The van der Waals surface area contributed by atoms with E-state index in [9.17, 15) is 14.4 Å². The first-order chi connectivity index (χ1) is 12.8. The van der Waals surface area contributed by atoms with Crippen LogP contribution in [0.25, 0.3) is 0 Å². The van der Waals surface area contributed by atoms with Gasteiger partial charge in [-0.15, -0.1) is 0 Å². The number of carbonyl (C=O) groups is 3. The third-order valence-electron chi connectivity index (χ3n) is 5.29. The second-order valence-corrected chi connectivity index (χ2v) is 7.56. The first-order valence-electron chi connectivity index (χ1n) is 9.74. The predicted molar refractivity (Wildman–Crippen MR) is 105 cm³/mol. The maximum absolute atomic E-state index is 12.4. The van der Waals surface area contributed by atoms with Crippen molar-refractivity contribution in [1.29, 1.82) is 0 Å². The van der Waals surface area contributed by atoms with Crippen molar-refractivity contribution < 1.29 is 14.4 Å². The molecule has 0 spiro atoms. The van der Waals surface area contributed by atoms with Gasteiger partial charge >= 0.3 is 0 Å². The monoisotopic (exact) mass is 376 g/mol. The maximum atomic E-state index is 12.4. The number of nitrogens with zero attached hydrogens (tertiary/aromatic N) is 2. The van der Waals surface area contributed by atoms with Crippen molar-refractivity contribution in [2.24, 2.45) is 5.92 Å². The fourth-order valence-corrected chi connectivity index (χ4v) is 3.40. The smallest absolute Gasteiger partial charge is 0.241 e. The number of amides is 3. The number of imide groups is 1. The highest BCUT2D eigenvalue weighted by Crippen LogP contribution is 2.23. The van der Waals surface area contributed by atoms with Gasteiger partial charge in [0.1, 0.15) is 0 Å². The summed E-state index contributed by atoms with van der Waals surface area (Å²) in [6, 6.07) is 0.522.